The molecule has 3 aromatic rings. The van der Waals surface area contributed by atoms with Crippen molar-refractivity contribution in [3.05, 3.63) is 83.9 Å². The molecular weight excluding hydrogens is 436 g/mol. The van der Waals surface area contributed by atoms with Crippen molar-refractivity contribution in [3.63, 3.8) is 0 Å². The summed E-state index contributed by atoms with van der Waals surface area (Å²) >= 11 is 0. The van der Waals surface area contributed by atoms with Crippen LogP contribution in [0.3, 0.4) is 0 Å². The summed E-state index contributed by atoms with van der Waals surface area (Å²) in [7, 11) is 0. The molecule has 0 spiro atoms. The SMILES string of the molecule is O=C(CC1CC2CCC1C2)OCC(=O)N1N=C(c2ccc3ccccc3c2)CC1c1ccccc1. The predicted octanol–water partition coefficient (Wildman–Crippen LogP) is 5.89. The molecule has 4 unspecified atom stereocenters. The molecular formula is C30H30N2O3. The van der Waals surface area contributed by atoms with Crippen molar-refractivity contribution in [2.45, 2.75) is 44.6 Å². The Morgan fingerprint density at radius 2 is 1.71 bits per heavy atom. The van der Waals surface area contributed by atoms with Crippen molar-refractivity contribution in [2.75, 3.05) is 6.61 Å². The van der Waals surface area contributed by atoms with E-state index in [1.807, 2.05) is 42.5 Å². The second kappa shape index (κ2) is 9.29. The Bertz CT molecular complexity index is 1290. The van der Waals surface area contributed by atoms with Gasteiger partial charge in [0, 0.05) is 12.8 Å². The van der Waals surface area contributed by atoms with E-state index in [9.17, 15) is 9.59 Å². The Labute approximate surface area is 205 Å². The van der Waals surface area contributed by atoms with Crippen LogP contribution in [0.25, 0.3) is 10.8 Å². The minimum Gasteiger partial charge on any atom is -0.455 e. The third-order valence-corrected chi connectivity index (χ3v) is 8.10. The first-order valence-corrected chi connectivity index (χ1v) is 12.7. The summed E-state index contributed by atoms with van der Waals surface area (Å²) < 4.78 is 5.47. The molecule has 3 aliphatic rings. The number of carbonyl (C=O) groups excluding carboxylic acids is 2. The molecule has 1 amide bonds. The van der Waals surface area contributed by atoms with Crippen LogP contribution in [0.5, 0.6) is 0 Å². The summed E-state index contributed by atoms with van der Waals surface area (Å²) in [4.78, 5) is 25.8. The van der Waals surface area contributed by atoms with Crippen molar-refractivity contribution in [1.29, 1.82) is 0 Å². The topological polar surface area (TPSA) is 59.0 Å². The average molecular weight is 467 g/mol. The lowest BCUT2D eigenvalue weighted by Crippen LogP contribution is -2.31. The van der Waals surface area contributed by atoms with E-state index in [1.54, 1.807) is 0 Å². The summed E-state index contributed by atoms with van der Waals surface area (Å²) in [5, 5.41) is 8.58. The summed E-state index contributed by atoms with van der Waals surface area (Å²) in [5.41, 5.74) is 2.90. The van der Waals surface area contributed by atoms with Gasteiger partial charge in [0.05, 0.1) is 11.8 Å². The predicted molar refractivity (Wildman–Crippen MR) is 136 cm³/mol. The van der Waals surface area contributed by atoms with E-state index in [0.29, 0.717) is 24.7 Å². The van der Waals surface area contributed by atoms with E-state index in [2.05, 4.69) is 30.3 Å². The van der Waals surface area contributed by atoms with E-state index in [4.69, 9.17) is 9.84 Å². The number of hydrogen-bond donors (Lipinski definition) is 0. The quantitative estimate of drug-likeness (QED) is 0.426. The molecule has 0 aromatic heterocycles. The molecule has 0 radical (unpaired) electrons. The first kappa shape index (κ1) is 22.0. The van der Waals surface area contributed by atoms with Gasteiger partial charge in [0.1, 0.15) is 0 Å². The Hall–Kier alpha value is -3.47. The number of hydrazone groups is 1. The molecule has 35 heavy (non-hydrogen) atoms. The highest BCUT2D eigenvalue weighted by Crippen LogP contribution is 2.49. The lowest BCUT2D eigenvalue weighted by Gasteiger charge is -2.23. The zero-order valence-corrected chi connectivity index (χ0v) is 19.8. The zero-order chi connectivity index (χ0) is 23.8. The number of esters is 1. The first-order chi connectivity index (χ1) is 17.1. The highest BCUT2D eigenvalue weighted by molar-refractivity contribution is 6.05. The number of amides is 1. The molecule has 178 valence electrons. The normalized spacial score (nSPS) is 25.1. The fourth-order valence-electron chi connectivity index (χ4n) is 6.33. The van der Waals surface area contributed by atoms with Crippen molar-refractivity contribution in [2.24, 2.45) is 22.9 Å². The Morgan fingerprint density at radius 1 is 0.914 bits per heavy atom. The number of fused-ring (bicyclic) bond motifs is 3. The molecule has 6 rings (SSSR count). The lowest BCUT2D eigenvalue weighted by atomic mass is 9.86. The van der Waals surface area contributed by atoms with Crippen LogP contribution in [0.4, 0.5) is 0 Å². The molecule has 1 aliphatic heterocycles. The molecule has 0 N–H and O–H groups in total. The molecule has 4 atom stereocenters. The van der Waals surface area contributed by atoms with Crippen molar-refractivity contribution in [1.82, 2.24) is 5.01 Å². The van der Waals surface area contributed by atoms with Crippen LogP contribution in [0.15, 0.2) is 77.9 Å². The van der Waals surface area contributed by atoms with Gasteiger partial charge in [-0.05, 0) is 65.0 Å². The largest absolute Gasteiger partial charge is 0.455 e. The Morgan fingerprint density at radius 3 is 2.49 bits per heavy atom. The van der Waals surface area contributed by atoms with Gasteiger partial charge in [0.2, 0.25) is 0 Å². The lowest BCUT2D eigenvalue weighted by molar-refractivity contribution is -0.153. The summed E-state index contributed by atoms with van der Waals surface area (Å²) in [5.74, 6) is 1.34. The molecule has 2 bridgehead atoms. The average Bonchev–Trinajstić information content (AvgIpc) is 3.64. The van der Waals surface area contributed by atoms with Gasteiger partial charge in [0.25, 0.3) is 5.91 Å². The van der Waals surface area contributed by atoms with E-state index < -0.39 is 0 Å². The van der Waals surface area contributed by atoms with E-state index in [0.717, 1.165) is 34.6 Å². The van der Waals surface area contributed by atoms with Gasteiger partial charge in [-0.3, -0.25) is 9.59 Å². The number of nitrogens with zero attached hydrogens (tertiary/aromatic N) is 2. The molecule has 1 heterocycles. The van der Waals surface area contributed by atoms with Gasteiger partial charge in [-0.25, -0.2) is 5.01 Å². The third-order valence-electron chi connectivity index (χ3n) is 8.10. The maximum absolute atomic E-state index is 13.2. The third kappa shape index (κ3) is 4.47. The van der Waals surface area contributed by atoms with Crippen LogP contribution in [0, 0.1) is 17.8 Å². The minimum absolute atomic E-state index is 0.213. The highest BCUT2D eigenvalue weighted by Gasteiger charge is 2.40. The minimum atomic E-state index is -0.282. The fraction of sp³-hybridized carbons (Fsp3) is 0.367. The van der Waals surface area contributed by atoms with Crippen LogP contribution < -0.4 is 0 Å². The summed E-state index contributed by atoms with van der Waals surface area (Å²) in [6.45, 7) is -0.266. The molecule has 2 fully saturated rings. The van der Waals surface area contributed by atoms with Crippen molar-refractivity contribution < 1.29 is 14.3 Å². The standard InChI is InChI=1S/C30H30N2O3/c33-29(19-35-30(34)17-26-15-20-10-11-24(26)14-20)32-28(22-7-2-1-3-8-22)18-27(31-32)25-13-12-21-6-4-5-9-23(21)16-25/h1-9,12-13,16,20,24,26,28H,10-11,14-15,17-19H2. The molecule has 5 nitrogen and oxygen atoms in total. The Kier molecular flexibility index (Phi) is 5.85. The number of benzene rings is 3. The van der Waals surface area contributed by atoms with E-state index in [1.165, 1.54) is 29.7 Å². The summed E-state index contributed by atoms with van der Waals surface area (Å²) in [6, 6.07) is 24.2. The van der Waals surface area contributed by atoms with Crippen LogP contribution in [0.1, 0.15) is 55.7 Å². The van der Waals surface area contributed by atoms with Crippen LogP contribution in [0.2, 0.25) is 0 Å². The monoisotopic (exact) mass is 466 g/mol. The van der Waals surface area contributed by atoms with Crippen molar-refractivity contribution in [3.8, 4) is 0 Å². The second-order valence-electron chi connectivity index (χ2n) is 10.3. The number of rotatable bonds is 6. The maximum atomic E-state index is 13.2. The van der Waals surface area contributed by atoms with E-state index >= 15 is 0 Å². The number of carbonyl (C=O) groups is 2. The molecule has 2 saturated carbocycles. The van der Waals surface area contributed by atoms with Gasteiger partial charge < -0.3 is 4.74 Å². The molecule has 0 saturated heterocycles. The molecule has 2 aliphatic carbocycles. The fourth-order valence-corrected chi connectivity index (χ4v) is 6.33. The first-order valence-electron chi connectivity index (χ1n) is 12.7. The van der Waals surface area contributed by atoms with Gasteiger partial charge in [0.15, 0.2) is 6.61 Å². The number of ether oxygens (including phenoxy) is 1. The van der Waals surface area contributed by atoms with Gasteiger partial charge in [-0.1, -0.05) is 73.2 Å². The highest BCUT2D eigenvalue weighted by atomic mass is 16.5. The van der Waals surface area contributed by atoms with Crippen molar-refractivity contribution >= 4 is 28.4 Å². The van der Waals surface area contributed by atoms with Gasteiger partial charge in [-0.2, -0.15) is 5.10 Å². The Balaban J connectivity index is 1.18. The van der Waals surface area contributed by atoms with Gasteiger partial charge >= 0.3 is 5.97 Å². The maximum Gasteiger partial charge on any atom is 0.306 e. The van der Waals surface area contributed by atoms with Gasteiger partial charge in [-0.15, -0.1) is 0 Å². The summed E-state index contributed by atoms with van der Waals surface area (Å²) in [6.07, 6.45) is 5.99. The zero-order valence-electron chi connectivity index (χ0n) is 19.8. The molecule has 3 aromatic carbocycles. The smallest absolute Gasteiger partial charge is 0.306 e. The molecule has 5 heteroatoms. The van der Waals surface area contributed by atoms with Crippen LogP contribution in [-0.4, -0.2) is 29.2 Å². The van der Waals surface area contributed by atoms with Crippen LogP contribution in [-0.2, 0) is 14.3 Å². The second-order valence-corrected chi connectivity index (χ2v) is 10.3. The van der Waals surface area contributed by atoms with E-state index in [-0.39, 0.29) is 24.5 Å². The van der Waals surface area contributed by atoms with Crippen LogP contribution >= 0.6 is 0 Å². The number of hydrogen-bond acceptors (Lipinski definition) is 4.